The zero-order valence-corrected chi connectivity index (χ0v) is 23.6. The monoisotopic (exact) mass is 571 g/mol. The number of nitrogens with zero attached hydrogens (tertiary/aromatic N) is 3. The van der Waals surface area contributed by atoms with Crippen LogP contribution < -0.4 is 0 Å². The number of nitriles is 1. The van der Waals surface area contributed by atoms with E-state index < -0.39 is 17.9 Å². The Kier molecular flexibility index (Phi) is 10.1. The molecule has 1 aromatic heterocycles. The van der Waals surface area contributed by atoms with E-state index in [0.29, 0.717) is 22.7 Å². The first-order chi connectivity index (χ1) is 19.9. The molecule has 0 amide bonds. The van der Waals surface area contributed by atoms with Gasteiger partial charge in [0.1, 0.15) is 18.8 Å². The number of pyridine rings is 1. The Morgan fingerprint density at radius 3 is 2.44 bits per heavy atom. The summed E-state index contributed by atoms with van der Waals surface area (Å²) in [5.74, 6) is -1.92. The molecule has 2 aromatic carbocycles. The maximum Gasteiger partial charge on any atom is 0.340 e. The van der Waals surface area contributed by atoms with E-state index in [1.807, 2.05) is 54.6 Å². The highest BCUT2D eigenvalue weighted by Gasteiger charge is 2.42. The summed E-state index contributed by atoms with van der Waals surface area (Å²) in [6, 6.07) is 23.9. The fourth-order valence-corrected chi connectivity index (χ4v) is 4.72. The number of esters is 2. The predicted molar refractivity (Wildman–Crippen MR) is 153 cm³/mol. The average Bonchev–Trinajstić information content (AvgIpc) is 2.99. The molecule has 4 rings (SSSR count). The molecule has 41 heavy (non-hydrogen) atoms. The lowest BCUT2D eigenvalue weighted by molar-refractivity contribution is -0.141. The summed E-state index contributed by atoms with van der Waals surface area (Å²) in [5.41, 5.74) is 3.14. The van der Waals surface area contributed by atoms with Crippen molar-refractivity contribution in [3.05, 3.63) is 124 Å². The van der Waals surface area contributed by atoms with E-state index in [0.717, 1.165) is 11.3 Å². The van der Waals surface area contributed by atoms with Crippen LogP contribution >= 0.6 is 11.6 Å². The molecule has 8 nitrogen and oxygen atoms in total. The largest absolute Gasteiger partial charge is 0.478 e. The Labute approximate surface area is 244 Å². The van der Waals surface area contributed by atoms with Gasteiger partial charge in [0, 0.05) is 36.1 Å². The van der Waals surface area contributed by atoms with Crippen molar-refractivity contribution in [2.45, 2.75) is 32.3 Å². The predicted octanol–water partition coefficient (Wildman–Crippen LogP) is 5.71. The number of hydrogen-bond acceptors (Lipinski definition) is 8. The Bertz CT molecular complexity index is 1480. The third kappa shape index (κ3) is 7.33. The van der Waals surface area contributed by atoms with Crippen LogP contribution in [0, 0.1) is 11.3 Å². The van der Waals surface area contributed by atoms with Crippen molar-refractivity contribution in [1.82, 2.24) is 9.88 Å². The normalized spacial score (nSPS) is 14.9. The standard InChI is InChI=1S/C32H30ClN3O5/c1-22-27(31(37)40-18-9-16-34)28(24-12-8-13-25(33)20-24)29(32(38)41-21-23-10-4-3-5-11-23)30(36(22)2)39-19-15-26-14-6-7-17-35-26/h3-8,10-14,17,20,28H,9,15,18-19,21H2,1-2H3. The fraction of sp³-hybridized carbons (Fsp3) is 0.250. The van der Waals surface area contributed by atoms with Crippen LogP contribution in [0.15, 0.2) is 102 Å². The Balaban J connectivity index is 1.77. The molecule has 0 spiro atoms. The second-order valence-electron chi connectivity index (χ2n) is 9.29. The molecule has 9 heteroatoms. The summed E-state index contributed by atoms with van der Waals surface area (Å²) in [6.45, 7) is 1.93. The highest BCUT2D eigenvalue weighted by Crippen LogP contribution is 2.43. The molecule has 1 unspecified atom stereocenters. The average molecular weight is 572 g/mol. The number of aromatic nitrogens is 1. The molecule has 0 aliphatic carbocycles. The van der Waals surface area contributed by atoms with Gasteiger partial charge in [-0.3, -0.25) is 4.98 Å². The van der Waals surface area contributed by atoms with Crippen LogP contribution in [-0.2, 0) is 36.8 Å². The van der Waals surface area contributed by atoms with E-state index in [1.54, 1.807) is 49.3 Å². The third-order valence-electron chi connectivity index (χ3n) is 6.61. The number of carbonyl (C=O) groups excluding carboxylic acids is 2. The third-order valence-corrected chi connectivity index (χ3v) is 6.85. The molecule has 1 atom stereocenters. The number of hydrogen-bond donors (Lipinski definition) is 0. The highest BCUT2D eigenvalue weighted by atomic mass is 35.5. The van der Waals surface area contributed by atoms with Crippen LogP contribution in [0.1, 0.15) is 36.1 Å². The second-order valence-corrected chi connectivity index (χ2v) is 9.73. The van der Waals surface area contributed by atoms with Gasteiger partial charge in [0.25, 0.3) is 0 Å². The van der Waals surface area contributed by atoms with Crippen LogP contribution in [0.2, 0.25) is 5.02 Å². The Morgan fingerprint density at radius 1 is 0.976 bits per heavy atom. The van der Waals surface area contributed by atoms with E-state index in [9.17, 15) is 9.59 Å². The van der Waals surface area contributed by atoms with Crippen molar-refractivity contribution >= 4 is 23.5 Å². The molecule has 1 aliphatic rings. The number of halogens is 1. The second kappa shape index (κ2) is 14.1. The van der Waals surface area contributed by atoms with E-state index in [4.69, 9.17) is 31.1 Å². The molecule has 0 fully saturated rings. The van der Waals surface area contributed by atoms with Gasteiger partial charge in [0.2, 0.25) is 5.88 Å². The van der Waals surface area contributed by atoms with Gasteiger partial charge >= 0.3 is 11.9 Å². The fourth-order valence-electron chi connectivity index (χ4n) is 4.52. The summed E-state index contributed by atoms with van der Waals surface area (Å²) in [6.07, 6.45) is 2.25. The number of benzene rings is 2. The van der Waals surface area contributed by atoms with Crippen LogP contribution in [0.4, 0.5) is 0 Å². The van der Waals surface area contributed by atoms with Gasteiger partial charge in [-0.15, -0.1) is 0 Å². The van der Waals surface area contributed by atoms with Crippen LogP contribution in [-0.4, -0.2) is 42.1 Å². The minimum Gasteiger partial charge on any atom is -0.478 e. The van der Waals surface area contributed by atoms with Crippen LogP contribution in [0.5, 0.6) is 0 Å². The summed E-state index contributed by atoms with van der Waals surface area (Å²) in [7, 11) is 1.71. The van der Waals surface area contributed by atoms with E-state index in [2.05, 4.69) is 4.98 Å². The smallest absolute Gasteiger partial charge is 0.340 e. The maximum absolute atomic E-state index is 13.9. The number of ether oxygens (including phenoxy) is 3. The van der Waals surface area contributed by atoms with Crippen molar-refractivity contribution < 1.29 is 23.8 Å². The molecule has 3 aromatic rings. The van der Waals surface area contributed by atoms with Crippen LogP contribution in [0.3, 0.4) is 0 Å². The minimum absolute atomic E-state index is 0.0288. The quantitative estimate of drug-likeness (QED) is 0.213. The molecule has 0 radical (unpaired) electrons. The summed E-state index contributed by atoms with van der Waals surface area (Å²) in [4.78, 5) is 33.4. The van der Waals surface area contributed by atoms with Gasteiger partial charge in [0.05, 0.1) is 30.6 Å². The van der Waals surface area contributed by atoms with Crippen molar-refractivity contribution in [1.29, 1.82) is 5.26 Å². The molecule has 0 saturated carbocycles. The van der Waals surface area contributed by atoms with Gasteiger partial charge in [-0.1, -0.05) is 60.1 Å². The molecule has 2 heterocycles. The molecule has 1 aliphatic heterocycles. The maximum atomic E-state index is 13.9. The first kappa shape index (κ1) is 29.4. The molecule has 0 N–H and O–H groups in total. The lowest BCUT2D eigenvalue weighted by atomic mass is 9.81. The SMILES string of the molecule is CC1=C(C(=O)OCCC#N)C(c2cccc(Cl)c2)C(C(=O)OCc2ccccc2)=C(OCCc2ccccn2)N1C. The molecular formula is C32H30ClN3O5. The van der Waals surface area contributed by atoms with Gasteiger partial charge in [-0.25, -0.2) is 9.59 Å². The lowest BCUT2D eigenvalue weighted by Gasteiger charge is -2.36. The highest BCUT2D eigenvalue weighted by molar-refractivity contribution is 6.30. The zero-order valence-electron chi connectivity index (χ0n) is 22.9. The van der Waals surface area contributed by atoms with Crippen molar-refractivity contribution in [3.63, 3.8) is 0 Å². The van der Waals surface area contributed by atoms with Gasteiger partial charge in [-0.05, 0) is 42.3 Å². The van der Waals surface area contributed by atoms with Gasteiger partial charge in [0.15, 0.2) is 0 Å². The lowest BCUT2D eigenvalue weighted by Crippen LogP contribution is -2.35. The Morgan fingerprint density at radius 2 is 1.73 bits per heavy atom. The zero-order chi connectivity index (χ0) is 29.2. The molecule has 0 bridgehead atoms. The number of rotatable bonds is 11. The van der Waals surface area contributed by atoms with Crippen molar-refractivity contribution in [2.24, 2.45) is 0 Å². The van der Waals surface area contributed by atoms with Crippen molar-refractivity contribution in [2.75, 3.05) is 20.3 Å². The topological polar surface area (TPSA) is 102 Å². The van der Waals surface area contributed by atoms with Crippen LogP contribution in [0.25, 0.3) is 0 Å². The molecule has 210 valence electrons. The Hall–Kier alpha value is -4.61. The molecular weight excluding hydrogens is 542 g/mol. The van der Waals surface area contributed by atoms with E-state index in [-0.39, 0.29) is 43.3 Å². The minimum atomic E-state index is -0.896. The van der Waals surface area contributed by atoms with Crippen molar-refractivity contribution in [3.8, 4) is 6.07 Å². The first-order valence-electron chi connectivity index (χ1n) is 13.1. The van der Waals surface area contributed by atoms with Gasteiger partial charge in [-0.2, -0.15) is 5.26 Å². The van der Waals surface area contributed by atoms with E-state index >= 15 is 0 Å². The van der Waals surface area contributed by atoms with Gasteiger partial charge < -0.3 is 19.1 Å². The summed E-state index contributed by atoms with van der Waals surface area (Å²) in [5, 5.41) is 9.38. The number of allylic oxidation sites excluding steroid dienone is 1. The number of carbonyl (C=O) groups is 2. The summed E-state index contributed by atoms with van der Waals surface area (Å²) < 4.78 is 17.5. The summed E-state index contributed by atoms with van der Waals surface area (Å²) >= 11 is 6.37. The first-order valence-corrected chi connectivity index (χ1v) is 13.5. The van der Waals surface area contributed by atoms with E-state index in [1.165, 1.54) is 0 Å². The molecule has 0 saturated heterocycles.